The van der Waals surface area contributed by atoms with Crippen molar-refractivity contribution in [3.8, 4) is 16.9 Å². The monoisotopic (exact) mass is 513 g/mol. The molecule has 2 aliphatic rings. The third-order valence-electron chi connectivity index (χ3n) is 7.35. The average molecular weight is 514 g/mol. The Morgan fingerprint density at radius 1 is 1.08 bits per heavy atom. The van der Waals surface area contributed by atoms with E-state index in [0.717, 1.165) is 47.8 Å². The van der Waals surface area contributed by atoms with Crippen LogP contribution >= 0.6 is 11.5 Å². The Morgan fingerprint density at radius 2 is 1.83 bits per heavy atom. The van der Waals surface area contributed by atoms with Crippen molar-refractivity contribution < 1.29 is 17.9 Å². The van der Waals surface area contributed by atoms with E-state index in [4.69, 9.17) is 14.8 Å². The van der Waals surface area contributed by atoms with Crippen LogP contribution in [0.2, 0.25) is 0 Å². The molecule has 0 amide bonds. The van der Waals surface area contributed by atoms with Crippen LogP contribution in [0.5, 0.6) is 5.75 Å². The zero-order chi connectivity index (χ0) is 24.9. The van der Waals surface area contributed by atoms with Gasteiger partial charge in [-0.2, -0.15) is 22.6 Å². The Labute approximate surface area is 210 Å². The fourth-order valence-corrected chi connectivity index (χ4v) is 6.49. The maximum atomic E-state index is 12.4. The molecule has 6 rings (SSSR count). The van der Waals surface area contributed by atoms with Gasteiger partial charge in [-0.15, -0.1) is 0 Å². The standard InChI is InChI=1S/C26H26F3N5OS/c1-16-11-24(36-32-16)33-13-18-4-5-19(14-33)22(18)12-23-30-25-21(3-2-10-34(25)31-23)17-6-8-20(9-7-17)35-15-26(27,28)29/h2-3,6-11,18-19,22H,4-5,12-15H2,1H3/t18-,19+,22?. The van der Waals surface area contributed by atoms with Crippen molar-refractivity contribution in [2.75, 3.05) is 24.6 Å². The van der Waals surface area contributed by atoms with Crippen molar-refractivity contribution in [3.05, 3.63) is 60.2 Å². The number of rotatable bonds is 6. The molecular weight excluding hydrogens is 487 g/mol. The summed E-state index contributed by atoms with van der Waals surface area (Å²) in [5.41, 5.74) is 3.57. The van der Waals surface area contributed by atoms with Crippen LogP contribution in [0.25, 0.3) is 16.8 Å². The first-order chi connectivity index (χ1) is 17.3. The number of alkyl halides is 3. The first kappa shape index (κ1) is 23.3. The Balaban J connectivity index is 1.19. The summed E-state index contributed by atoms with van der Waals surface area (Å²) in [5, 5.41) is 6.05. The fourth-order valence-electron chi connectivity index (χ4n) is 5.72. The number of halogens is 3. The molecule has 1 aliphatic carbocycles. The van der Waals surface area contributed by atoms with Gasteiger partial charge in [0.15, 0.2) is 18.1 Å². The van der Waals surface area contributed by atoms with Crippen LogP contribution < -0.4 is 9.64 Å². The van der Waals surface area contributed by atoms with E-state index in [1.54, 1.807) is 40.3 Å². The molecule has 0 spiro atoms. The zero-order valence-electron chi connectivity index (χ0n) is 19.8. The number of anilines is 1. The number of ether oxygens (including phenoxy) is 1. The smallest absolute Gasteiger partial charge is 0.422 e. The van der Waals surface area contributed by atoms with E-state index >= 15 is 0 Å². The molecule has 188 valence electrons. The van der Waals surface area contributed by atoms with Gasteiger partial charge >= 0.3 is 6.18 Å². The van der Waals surface area contributed by atoms with Crippen LogP contribution in [0.4, 0.5) is 18.2 Å². The lowest BCUT2D eigenvalue weighted by molar-refractivity contribution is -0.153. The molecule has 1 aromatic carbocycles. The van der Waals surface area contributed by atoms with Crippen molar-refractivity contribution in [2.45, 2.75) is 32.4 Å². The summed E-state index contributed by atoms with van der Waals surface area (Å²) in [5.74, 6) is 2.85. The second-order valence-corrected chi connectivity index (χ2v) is 10.6. The molecule has 0 N–H and O–H groups in total. The highest BCUT2D eigenvalue weighted by atomic mass is 32.1. The lowest BCUT2D eigenvalue weighted by atomic mass is 9.82. The molecule has 1 saturated carbocycles. The van der Waals surface area contributed by atoms with E-state index in [1.807, 2.05) is 25.3 Å². The molecular formula is C26H26F3N5OS. The number of aryl methyl sites for hydroxylation is 1. The van der Waals surface area contributed by atoms with Gasteiger partial charge in [-0.3, -0.25) is 0 Å². The minimum Gasteiger partial charge on any atom is -0.484 e. The van der Waals surface area contributed by atoms with E-state index < -0.39 is 12.8 Å². The van der Waals surface area contributed by atoms with Gasteiger partial charge in [0.05, 0.1) is 5.69 Å². The van der Waals surface area contributed by atoms with E-state index in [0.29, 0.717) is 17.8 Å². The molecule has 1 unspecified atom stereocenters. The van der Waals surface area contributed by atoms with Gasteiger partial charge in [-0.1, -0.05) is 12.1 Å². The minimum absolute atomic E-state index is 0.181. The average Bonchev–Trinajstić information content (AvgIpc) is 3.53. The summed E-state index contributed by atoms with van der Waals surface area (Å²) < 4.78 is 48.4. The number of aromatic nitrogens is 4. The van der Waals surface area contributed by atoms with Gasteiger partial charge in [-0.25, -0.2) is 9.50 Å². The quantitative estimate of drug-likeness (QED) is 0.326. The Kier molecular flexibility index (Phi) is 5.86. The molecule has 2 bridgehead atoms. The maximum Gasteiger partial charge on any atom is 0.422 e. The van der Waals surface area contributed by atoms with Gasteiger partial charge in [0.1, 0.15) is 10.8 Å². The van der Waals surface area contributed by atoms with Crippen LogP contribution in [0.15, 0.2) is 48.7 Å². The number of pyridine rings is 1. The molecule has 10 heteroatoms. The van der Waals surface area contributed by atoms with Gasteiger partial charge < -0.3 is 9.64 Å². The lowest BCUT2D eigenvalue weighted by Gasteiger charge is -2.38. The molecule has 3 aromatic heterocycles. The highest BCUT2D eigenvalue weighted by Crippen LogP contribution is 2.45. The highest BCUT2D eigenvalue weighted by molar-refractivity contribution is 7.10. The summed E-state index contributed by atoms with van der Waals surface area (Å²) in [6.45, 7) is 2.86. The van der Waals surface area contributed by atoms with E-state index in [-0.39, 0.29) is 5.75 Å². The molecule has 1 aliphatic heterocycles. The second kappa shape index (κ2) is 9.06. The van der Waals surface area contributed by atoms with E-state index in [1.165, 1.54) is 17.8 Å². The second-order valence-electron chi connectivity index (χ2n) is 9.82. The maximum absolute atomic E-state index is 12.4. The van der Waals surface area contributed by atoms with Gasteiger partial charge in [0.2, 0.25) is 0 Å². The molecule has 0 radical (unpaired) electrons. The molecule has 4 heterocycles. The number of hydrogen-bond acceptors (Lipinski definition) is 6. The van der Waals surface area contributed by atoms with Crippen molar-refractivity contribution >= 4 is 22.2 Å². The predicted molar refractivity (Wildman–Crippen MR) is 132 cm³/mol. The van der Waals surface area contributed by atoms with E-state index in [9.17, 15) is 13.2 Å². The number of nitrogens with zero attached hydrogens (tertiary/aromatic N) is 5. The van der Waals surface area contributed by atoms with Crippen LogP contribution in [-0.2, 0) is 6.42 Å². The van der Waals surface area contributed by atoms with E-state index in [2.05, 4.69) is 15.3 Å². The summed E-state index contributed by atoms with van der Waals surface area (Å²) in [4.78, 5) is 7.40. The molecule has 1 saturated heterocycles. The molecule has 2 fully saturated rings. The van der Waals surface area contributed by atoms with Gasteiger partial charge in [-0.05, 0) is 84.9 Å². The Hall–Kier alpha value is -3.14. The summed E-state index contributed by atoms with van der Waals surface area (Å²) in [6, 6.07) is 12.7. The van der Waals surface area contributed by atoms with Crippen molar-refractivity contribution in [3.63, 3.8) is 0 Å². The number of hydrogen-bond donors (Lipinski definition) is 0. The van der Waals surface area contributed by atoms with Crippen molar-refractivity contribution in [1.29, 1.82) is 0 Å². The zero-order valence-corrected chi connectivity index (χ0v) is 20.6. The van der Waals surface area contributed by atoms with Crippen LogP contribution in [-0.4, -0.2) is 44.8 Å². The SMILES string of the molecule is Cc1cc(N2C[C@H]3CC[C@@H](C2)C3Cc2nc3c(-c4ccc(OCC(F)(F)F)cc4)cccn3n2)sn1. The number of benzene rings is 1. The molecule has 36 heavy (non-hydrogen) atoms. The molecule has 6 nitrogen and oxygen atoms in total. The largest absolute Gasteiger partial charge is 0.484 e. The first-order valence-electron chi connectivity index (χ1n) is 12.1. The molecule has 4 aromatic rings. The number of piperidine rings is 1. The predicted octanol–water partition coefficient (Wildman–Crippen LogP) is 5.81. The summed E-state index contributed by atoms with van der Waals surface area (Å²) in [7, 11) is 0. The summed E-state index contributed by atoms with van der Waals surface area (Å²) >= 11 is 1.59. The topological polar surface area (TPSA) is 55.6 Å². The molecule has 3 atom stereocenters. The lowest BCUT2D eigenvalue weighted by Crippen LogP contribution is -2.42. The highest BCUT2D eigenvalue weighted by Gasteiger charge is 2.42. The Morgan fingerprint density at radius 3 is 2.50 bits per heavy atom. The first-order valence-corrected chi connectivity index (χ1v) is 12.9. The van der Waals surface area contributed by atoms with Crippen molar-refractivity contribution in [2.24, 2.45) is 17.8 Å². The van der Waals surface area contributed by atoms with Crippen molar-refractivity contribution in [1.82, 2.24) is 19.0 Å². The van der Waals surface area contributed by atoms with Crippen LogP contribution in [0, 0.1) is 24.7 Å². The summed E-state index contributed by atoms with van der Waals surface area (Å²) in [6.07, 6.45) is 0.865. The van der Waals surface area contributed by atoms with Gasteiger partial charge in [0, 0.05) is 31.3 Å². The third-order valence-corrected chi connectivity index (χ3v) is 8.29. The fraction of sp³-hybridized carbons (Fsp3) is 0.423. The van der Waals surface area contributed by atoms with Crippen LogP contribution in [0.3, 0.4) is 0 Å². The minimum atomic E-state index is -4.36. The normalized spacial score (nSPS) is 21.9. The number of fused-ring (bicyclic) bond motifs is 3. The Bertz CT molecular complexity index is 1350. The van der Waals surface area contributed by atoms with Crippen LogP contribution in [0.1, 0.15) is 24.4 Å². The van der Waals surface area contributed by atoms with Gasteiger partial charge in [0.25, 0.3) is 0 Å². The third kappa shape index (κ3) is 4.66.